The first kappa shape index (κ1) is 13.3. The molecule has 0 spiro atoms. The second kappa shape index (κ2) is 8.31. The predicted molar refractivity (Wildman–Crippen MR) is 110 cm³/mol. The minimum atomic E-state index is -4.66. The molecular weight excluding hydrogens is 444 g/mol. The van der Waals surface area contributed by atoms with Crippen molar-refractivity contribution in [3.05, 3.63) is 69.6 Å². The highest BCUT2D eigenvalue weighted by molar-refractivity contribution is 6.30. The van der Waals surface area contributed by atoms with E-state index in [1.54, 1.807) is 5.32 Å². The highest BCUT2D eigenvalue weighted by Crippen LogP contribution is 2.30. The number of fused-ring (bicyclic) bond motifs is 1. The van der Waals surface area contributed by atoms with Crippen molar-refractivity contribution in [3.63, 3.8) is 0 Å². The maximum atomic E-state index is 15.1. The molecule has 2 aromatic rings. The van der Waals surface area contributed by atoms with Crippen LogP contribution in [0.1, 0.15) is 52.2 Å². The smallest absolute Gasteiger partial charge is 0.346 e. The van der Waals surface area contributed by atoms with Gasteiger partial charge in [0.2, 0.25) is 11.8 Å². The Morgan fingerprint density at radius 1 is 1.25 bits per heavy atom. The summed E-state index contributed by atoms with van der Waals surface area (Å²) in [6.07, 6.45) is -0.475. The zero-order chi connectivity index (χ0) is 30.9. The molecule has 7 nitrogen and oxygen atoms in total. The van der Waals surface area contributed by atoms with Crippen molar-refractivity contribution in [3.8, 4) is 0 Å². The molecule has 0 saturated carbocycles. The molecule has 1 unspecified atom stereocenters. The molecule has 0 aromatic heterocycles. The molecule has 1 atom stereocenters. The molecule has 1 fully saturated rings. The van der Waals surface area contributed by atoms with Crippen LogP contribution >= 0.6 is 11.6 Å². The van der Waals surface area contributed by atoms with E-state index in [0.29, 0.717) is 4.90 Å². The van der Waals surface area contributed by atoms with Crippen molar-refractivity contribution in [2.24, 2.45) is 0 Å². The number of hydrogen-bond acceptors (Lipinski definition) is 4. The summed E-state index contributed by atoms with van der Waals surface area (Å²) in [4.78, 5) is 50.0. The maximum absolute atomic E-state index is 15.1. The number of carbonyl (C=O) groups excluding carboxylic acids is 4. The van der Waals surface area contributed by atoms with Crippen molar-refractivity contribution < 1.29 is 40.3 Å². The highest BCUT2D eigenvalue weighted by Gasteiger charge is 2.41. The number of benzene rings is 2. The van der Waals surface area contributed by atoms with Gasteiger partial charge in [0.1, 0.15) is 6.04 Å². The topological polar surface area (TPSA) is 95.6 Å². The number of nitrogens with zero attached hydrogens (tertiary/aromatic N) is 1. The summed E-state index contributed by atoms with van der Waals surface area (Å²) in [5.74, 6) is -9.65. The summed E-state index contributed by atoms with van der Waals surface area (Å²) < 4.78 is 103. The molecule has 2 aliphatic rings. The van der Waals surface area contributed by atoms with E-state index in [0.717, 1.165) is 0 Å². The normalized spacial score (nSPS) is 24.0. The number of hydrogen-bond donors (Lipinski definition) is 2. The quantitative estimate of drug-likeness (QED) is 0.656. The molecule has 2 aliphatic heterocycles. The van der Waals surface area contributed by atoms with E-state index in [2.05, 4.69) is 0 Å². The summed E-state index contributed by atoms with van der Waals surface area (Å²) in [5, 5.41) is 2.95. The summed E-state index contributed by atoms with van der Waals surface area (Å²) >= 11 is 5.62. The fraction of sp³-hybridized carbons (Fsp3) is 0.273. The van der Waals surface area contributed by atoms with E-state index in [1.165, 1.54) is 0 Å². The average molecular weight is 471 g/mol. The Labute approximate surface area is 199 Å². The average Bonchev–Trinajstić information content (AvgIpc) is 3.09. The number of amides is 4. The SMILES string of the molecule is [2H]c1c([2H])c(C(F)(F)C(=O)NCc2c([2H])c([2H])c3c(c2[2H])C([2H])([2H])N(C2CCC(=O)NC2=O)C3=O)c([2H])c([2H])c1Cl. The summed E-state index contributed by atoms with van der Waals surface area (Å²) in [5.41, 5.74) is -3.65. The first-order valence-corrected chi connectivity index (χ1v) is 9.47. The van der Waals surface area contributed by atoms with Gasteiger partial charge in [-0.05, 0) is 35.7 Å². The van der Waals surface area contributed by atoms with Crippen LogP contribution in [-0.4, -0.2) is 34.6 Å². The van der Waals surface area contributed by atoms with Crippen LogP contribution in [0.15, 0.2) is 42.3 Å². The Balaban J connectivity index is 1.71. The number of rotatable bonds is 5. The van der Waals surface area contributed by atoms with Gasteiger partial charge in [-0.15, -0.1) is 0 Å². The van der Waals surface area contributed by atoms with Gasteiger partial charge < -0.3 is 10.2 Å². The van der Waals surface area contributed by atoms with E-state index >= 15 is 8.78 Å². The van der Waals surface area contributed by atoms with Crippen molar-refractivity contribution in [2.75, 3.05) is 0 Å². The molecule has 2 N–H and O–H groups in total. The molecule has 32 heavy (non-hydrogen) atoms. The second-order valence-corrected chi connectivity index (χ2v) is 7.18. The predicted octanol–water partition coefficient (Wildman–Crippen LogP) is 2.51. The van der Waals surface area contributed by atoms with Crippen molar-refractivity contribution in [2.45, 2.75) is 37.8 Å². The minimum Gasteiger partial charge on any atom is -0.346 e. The molecule has 166 valence electrons. The number of halogens is 3. The van der Waals surface area contributed by atoms with Crippen LogP contribution < -0.4 is 10.6 Å². The molecular formula is C22H18ClF2N3O4. The molecule has 0 aliphatic carbocycles. The van der Waals surface area contributed by atoms with Gasteiger partial charge in [0.25, 0.3) is 11.8 Å². The molecule has 1 saturated heterocycles. The second-order valence-electron chi connectivity index (χ2n) is 6.80. The minimum absolute atomic E-state index is 0.222. The largest absolute Gasteiger partial charge is 0.349 e. The first-order valence-electron chi connectivity index (χ1n) is 13.6. The van der Waals surface area contributed by atoms with Crippen LogP contribution in [0.3, 0.4) is 0 Å². The van der Waals surface area contributed by atoms with E-state index in [1.807, 2.05) is 5.32 Å². The van der Waals surface area contributed by atoms with Crippen LogP contribution in [0.2, 0.25) is 5.02 Å². The van der Waals surface area contributed by atoms with Crippen LogP contribution in [0.4, 0.5) is 8.78 Å². The lowest BCUT2D eigenvalue weighted by Crippen LogP contribution is -2.52. The van der Waals surface area contributed by atoms with Crippen molar-refractivity contribution in [1.82, 2.24) is 15.5 Å². The van der Waals surface area contributed by atoms with Crippen LogP contribution in [0.5, 0.6) is 0 Å². The van der Waals surface area contributed by atoms with Gasteiger partial charge in [-0.2, -0.15) is 8.78 Å². The van der Waals surface area contributed by atoms with Gasteiger partial charge in [0.05, 0.1) is 12.3 Å². The Morgan fingerprint density at radius 3 is 2.66 bits per heavy atom. The Hall–Kier alpha value is -3.33. The number of carbonyl (C=O) groups is 4. The molecule has 4 rings (SSSR count). The zero-order valence-corrected chi connectivity index (χ0v) is 16.7. The van der Waals surface area contributed by atoms with Crippen LogP contribution in [-0.2, 0) is 33.3 Å². The molecule has 0 radical (unpaired) electrons. The Bertz CT molecular complexity index is 1540. The lowest BCUT2D eigenvalue weighted by molar-refractivity contribution is -0.147. The summed E-state index contributed by atoms with van der Waals surface area (Å²) in [6, 6.07) is -8.71. The Kier molecular flexibility index (Phi) is 3.45. The van der Waals surface area contributed by atoms with Crippen LogP contribution in [0, 0.1) is 0 Å². The highest BCUT2D eigenvalue weighted by atomic mass is 35.5. The van der Waals surface area contributed by atoms with Gasteiger partial charge in [0.15, 0.2) is 0 Å². The van der Waals surface area contributed by atoms with Gasteiger partial charge >= 0.3 is 5.92 Å². The number of piperidine rings is 1. The zero-order valence-electron chi connectivity index (χ0n) is 24.9. The van der Waals surface area contributed by atoms with Crippen molar-refractivity contribution in [1.29, 1.82) is 0 Å². The molecule has 10 heteroatoms. The Morgan fingerprint density at radius 2 is 1.97 bits per heavy atom. The third kappa shape index (κ3) is 4.08. The number of nitrogens with one attached hydrogen (secondary N) is 2. The monoisotopic (exact) mass is 470 g/mol. The third-order valence-electron chi connectivity index (χ3n) is 4.67. The molecule has 2 heterocycles. The fourth-order valence-electron chi connectivity index (χ4n) is 3.06. The lowest BCUT2D eigenvalue weighted by Gasteiger charge is -2.29. The third-order valence-corrected chi connectivity index (χ3v) is 4.86. The summed E-state index contributed by atoms with van der Waals surface area (Å²) in [6.45, 7) is -3.96. The number of alkyl halides is 2. The van der Waals surface area contributed by atoms with Gasteiger partial charge in [-0.25, -0.2) is 0 Å². The molecule has 0 bridgehead atoms. The number of imide groups is 1. The first-order chi connectivity index (χ1) is 18.9. The van der Waals surface area contributed by atoms with Crippen molar-refractivity contribution >= 4 is 35.2 Å². The fourth-order valence-corrected chi connectivity index (χ4v) is 3.16. The van der Waals surface area contributed by atoms with Gasteiger partial charge in [-0.3, -0.25) is 24.5 Å². The summed E-state index contributed by atoms with van der Waals surface area (Å²) in [7, 11) is 0. The van der Waals surface area contributed by atoms with E-state index < -0.39 is 118 Å². The molecule has 2 aromatic carbocycles. The molecule has 4 amide bonds. The van der Waals surface area contributed by atoms with E-state index in [4.69, 9.17) is 23.9 Å². The van der Waals surface area contributed by atoms with Gasteiger partial charge in [0, 0.05) is 35.6 Å². The van der Waals surface area contributed by atoms with E-state index in [-0.39, 0.29) is 12.8 Å². The lowest BCUT2D eigenvalue weighted by atomic mass is 10.0. The maximum Gasteiger partial charge on any atom is 0.349 e. The van der Waals surface area contributed by atoms with Crippen LogP contribution in [0.25, 0.3) is 0 Å². The standard InChI is InChI=1S/C22H18ClF2N3O4/c23-15-4-2-14(3-5-15)22(24,25)21(32)26-10-12-1-6-16-13(9-12)11-28(20(16)31)17-7-8-18(29)27-19(17)30/h1-6,9,17H,7-8,10-11H2,(H,26,32)(H,27,29,30)/i1D,2D,3D,4D,5D,6D,9D,11D2. The van der Waals surface area contributed by atoms with E-state index in [9.17, 15) is 19.2 Å². The van der Waals surface area contributed by atoms with Gasteiger partial charge in [-0.1, -0.05) is 35.8 Å².